The van der Waals surface area contributed by atoms with Crippen LogP contribution in [-0.4, -0.2) is 24.0 Å². The molecule has 1 atom stereocenters. The fourth-order valence-corrected chi connectivity index (χ4v) is 2.64. The SMILES string of the molecule is CCOc1cc(NC(=O)CC2C=CCC2)c([N+](=O)[O-])cc1OCC. The quantitative estimate of drug-likeness (QED) is 0.445. The molecule has 1 unspecified atom stereocenters. The minimum absolute atomic E-state index is 0.124. The van der Waals surface area contributed by atoms with Crippen LogP contribution < -0.4 is 14.8 Å². The molecule has 0 heterocycles. The summed E-state index contributed by atoms with van der Waals surface area (Å²) in [5.41, 5.74) is -0.0869. The van der Waals surface area contributed by atoms with E-state index in [2.05, 4.69) is 5.32 Å². The lowest BCUT2D eigenvalue weighted by molar-refractivity contribution is -0.384. The van der Waals surface area contributed by atoms with Crippen molar-refractivity contribution < 1.29 is 19.2 Å². The van der Waals surface area contributed by atoms with Gasteiger partial charge in [-0.25, -0.2) is 0 Å². The van der Waals surface area contributed by atoms with Crippen molar-refractivity contribution in [2.45, 2.75) is 33.1 Å². The molecule has 1 amide bonds. The lowest BCUT2D eigenvalue weighted by Gasteiger charge is -2.14. The Balaban J connectivity index is 2.24. The summed E-state index contributed by atoms with van der Waals surface area (Å²) >= 11 is 0. The Labute approximate surface area is 140 Å². The average molecular weight is 334 g/mol. The maximum Gasteiger partial charge on any atom is 0.296 e. The smallest absolute Gasteiger partial charge is 0.296 e. The van der Waals surface area contributed by atoms with E-state index in [1.54, 1.807) is 6.92 Å². The molecule has 7 heteroatoms. The molecule has 2 rings (SSSR count). The highest BCUT2D eigenvalue weighted by molar-refractivity contribution is 5.94. The second-order valence-corrected chi connectivity index (χ2v) is 5.46. The lowest BCUT2D eigenvalue weighted by Crippen LogP contribution is -2.16. The Bertz CT molecular complexity index is 642. The zero-order chi connectivity index (χ0) is 17.5. The molecule has 1 aliphatic rings. The largest absolute Gasteiger partial charge is 0.490 e. The number of carbonyl (C=O) groups is 1. The second kappa shape index (κ2) is 8.33. The molecule has 1 aromatic rings. The van der Waals surface area contributed by atoms with Gasteiger partial charge in [0.1, 0.15) is 5.69 Å². The molecule has 1 aromatic carbocycles. The van der Waals surface area contributed by atoms with Crippen LogP contribution >= 0.6 is 0 Å². The van der Waals surface area contributed by atoms with E-state index in [4.69, 9.17) is 9.47 Å². The highest BCUT2D eigenvalue weighted by Gasteiger charge is 2.22. The van der Waals surface area contributed by atoms with Crippen molar-refractivity contribution in [2.75, 3.05) is 18.5 Å². The van der Waals surface area contributed by atoms with Gasteiger partial charge in [0.25, 0.3) is 5.69 Å². The van der Waals surface area contributed by atoms with Gasteiger partial charge in [0.05, 0.1) is 24.2 Å². The van der Waals surface area contributed by atoms with Gasteiger partial charge in [-0.05, 0) is 32.6 Å². The molecule has 0 bridgehead atoms. The first-order valence-corrected chi connectivity index (χ1v) is 8.09. The molecular formula is C17H22N2O5. The number of nitro groups is 1. The van der Waals surface area contributed by atoms with Gasteiger partial charge in [0, 0.05) is 12.5 Å². The molecule has 0 aromatic heterocycles. The van der Waals surface area contributed by atoms with Gasteiger partial charge in [-0.3, -0.25) is 14.9 Å². The van der Waals surface area contributed by atoms with E-state index >= 15 is 0 Å². The number of allylic oxidation sites excluding steroid dienone is 2. The predicted octanol–water partition coefficient (Wildman–Crippen LogP) is 3.69. The number of nitrogens with zero attached hydrogens (tertiary/aromatic N) is 1. The minimum Gasteiger partial charge on any atom is -0.490 e. The molecule has 1 N–H and O–H groups in total. The maximum atomic E-state index is 12.2. The van der Waals surface area contributed by atoms with Crippen LogP contribution in [0.3, 0.4) is 0 Å². The van der Waals surface area contributed by atoms with Gasteiger partial charge in [0.2, 0.25) is 5.91 Å². The van der Waals surface area contributed by atoms with E-state index in [9.17, 15) is 14.9 Å². The van der Waals surface area contributed by atoms with Gasteiger partial charge in [0.15, 0.2) is 11.5 Å². The van der Waals surface area contributed by atoms with Crippen molar-refractivity contribution in [3.05, 3.63) is 34.4 Å². The zero-order valence-electron chi connectivity index (χ0n) is 13.9. The average Bonchev–Trinajstić information content (AvgIpc) is 3.02. The van der Waals surface area contributed by atoms with Crippen LogP contribution in [0.15, 0.2) is 24.3 Å². The monoisotopic (exact) mass is 334 g/mol. The van der Waals surface area contributed by atoms with E-state index in [1.165, 1.54) is 12.1 Å². The van der Waals surface area contributed by atoms with Crippen LogP contribution in [0.1, 0.15) is 33.1 Å². The van der Waals surface area contributed by atoms with E-state index < -0.39 is 4.92 Å². The van der Waals surface area contributed by atoms with Crippen LogP contribution in [-0.2, 0) is 4.79 Å². The van der Waals surface area contributed by atoms with Gasteiger partial charge < -0.3 is 14.8 Å². The van der Waals surface area contributed by atoms with Crippen molar-refractivity contribution in [3.8, 4) is 11.5 Å². The maximum absolute atomic E-state index is 12.2. The summed E-state index contributed by atoms with van der Waals surface area (Å²) in [5, 5.41) is 14.0. The number of benzene rings is 1. The molecule has 7 nitrogen and oxygen atoms in total. The number of anilines is 1. The summed E-state index contributed by atoms with van der Waals surface area (Å²) in [7, 11) is 0. The first kappa shape index (κ1) is 17.8. The molecule has 0 saturated heterocycles. The third kappa shape index (κ3) is 4.47. The predicted molar refractivity (Wildman–Crippen MR) is 90.5 cm³/mol. The summed E-state index contributed by atoms with van der Waals surface area (Å²) in [6, 6.07) is 2.74. The Hall–Kier alpha value is -2.57. The molecule has 0 fully saturated rings. The molecule has 0 spiro atoms. The lowest BCUT2D eigenvalue weighted by atomic mass is 10.0. The second-order valence-electron chi connectivity index (χ2n) is 5.46. The molecule has 24 heavy (non-hydrogen) atoms. The third-order valence-electron chi connectivity index (χ3n) is 3.69. The highest BCUT2D eigenvalue weighted by atomic mass is 16.6. The number of rotatable bonds is 8. The van der Waals surface area contributed by atoms with E-state index in [-0.39, 0.29) is 23.2 Å². The summed E-state index contributed by atoms with van der Waals surface area (Å²) in [4.78, 5) is 23.0. The first-order valence-electron chi connectivity index (χ1n) is 8.09. The van der Waals surface area contributed by atoms with Gasteiger partial charge >= 0.3 is 0 Å². The number of carbonyl (C=O) groups excluding carboxylic acids is 1. The minimum atomic E-state index is -0.538. The number of nitrogens with one attached hydrogen (secondary N) is 1. The first-order chi connectivity index (χ1) is 11.5. The molecule has 1 aliphatic carbocycles. The Morgan fingerprint density at radius 1 is 1.29 bits per heavy atom. The van der Waals surface area contributed by atoms with Crippen LogP contribution in [0.4, 0.5) is 11.4 Å². The number of nitro benzene ring substituents is 1. The van der Waals surface area contributed by atoms with Crippen molar-refractivity contribution >= 4 is 17.3 Å². The third-order valence-corrected chi connectivity index (χ3v) is 3.69. The summed E-state index contributed by atoms with van der Waals surface area (Å²) < 4.78 is 10.9. The molecule has 0 aliphatic heterocycles. The summed E-state index contributed by atoms with van der Waals surface area (Å²) in [5.74, 6) is 0.614. The van der Waals surface area contributed by atoms with Crippen LogP contribution in [0, 0.1) is 16.0 Å². The Kier molecular flexibility index (Phi) is 6.17. The van der Waals surface area contributed by atoms with Gasteiger partial charge in [-0.2, -0.15) is 0 Å². The topological polar surface area (TPSA) is 90.7 Å². The normalized spacial score (nSPS) is 16.0. The van der Waals surface area contributed by atoms with E-state index in [0.717, 1.165) is 12.8 Å². The van der Waals surface area contributed by atoms with Crippen molar-refractivity contribution in [1.82, 2.24) is 0 Å². The van der Waals surface area contributed by atoms with Crippen LogP contribution in [0.5, 0.6) is 11.5 Å². The van der Waals surface area contributed by atoms with E-state index in [0.29, 0.717) is 31.1 Å². The fourth-order valence-electron chi connectivity index (χ4n) is 2.64. The standard InChI is InChI=1S/C17H22N2O5/c1-3-23-15-10-13(14(19(21)22)11-16(15)24-4-2)18-17(20)9-12-7-5-6-8-12/h5,7,10-12H,3-4,6,8-9H2,1-2H3,(H,18,20). The molecular weight excluding hydrogens is 312 g/mol. The van der Waals surface area contributed by atoms with Gasteiger partial charge in [-0.1, -0.05) is 12.2 Å². The number of amides is 1. The number of ether oxygens (including phenoxy) is 2. The zero-order valence-corrected chi connectivity index (χ0v) is 13.9. The number of hydrogen-bond donors (Lipinski definition) is 1. The molecule has 0 radical (unpaired) electrons. The van der Waals surface area contributed by atoms with Crippen molar-refractivity contribution in [2.24, 2.45) is 5.92 Å². The molecule has 0 saturated carbocycles. The van der Waals surface area contributed by atoms with Gasteiger partial charge in [-0.15, -0.1) is 0 Å². The number of hydrogen-bond acceptors (Lipinski definition) is 5. The highest BCUT2D eigenvalue weighted by Crippen LogP contribution is 2.38. The van der Waals surface area contributed by atoms with Crippen molar-refractivity contribution in [3.63, 3.8) is 0 Å². The summed E-state index contributed by atoms with van der Waals surface area (Å²) in [6.07, 6.45) is 6.27. The van der Waals surface area contributed by atoms with E-state index in [1.807, 2.05) is 19.1 Å². The molecule has 130 valence electrons. The van der Waals surface area contributed by atoms with Crippen molar-refractivity contribution in [1.29, 1.82) is 0 Å². The summed E-state index contributed by atoms with van der Waals surface area (Å²) in [6.45, 7) is 4.34. The van der Waals surface area contributed by atoms with Crippen LogP contribution in [0.2, 0.25) is 0 Å². The fraction of sp³-hybridized carbons (Fsp3) is 0.471. The Morgan fingerprint density at radius 3 is 2.50 bits per heavy atom. The van der Waals surface area contributed by atoms with Crippen LogP contribution in [0.25, 0.3) is 0 Å². The Morgan fingerprint density at radius 2 is 1.96 bits per heavy atom.